The lowest BCUT2D eigenvalue weighted by Gasteiger charge is -2.24. The lowest BCUT2D eigenvalue weighted by Crippen LogP contribution is -2.27. The Morgan fingerprint density at radius 1 is 1.00 bits per heavy atom. The molecule has 10 heteroatoms. The molecule has 1 aliphatic heterocycles. The molecule has 1 heterocycles. The van der Waals surface area contributed by atoms with Crippen molar-refractivity contribution in [2.75, 3.05) is 10.5 Å². The summed E-state index contributed by atoms with van der Waals surface area (Å²) in [5.41, 5.74) is 3.55. The summed E-state index contributed by atoms with van der Waals surface area (Å²) in [6.45, 7) is 3.50. The molecular weight excluding hydrogens is 494 g/mol. The van der Waals surface area contributed by atoms with E-state index in [9.17, 15) is 16.8 Å². The van der Waals surface area contributed by atoms with Gasteiger partial charge in [-0.15, -0.1) is 0 Å². The van der Waals surface area contributed by atoms with Crippen LogP contribution in [0.1, 0.15) is 36.1 Å². The second-order valence-corrected chi connectivity index (χ2v) is 12.2. The Morgan fingerprint density at radius 3 is 2.35 bits per heavy atom. The molecule has 0 unspecified atom stereocenters. The van der Waals surface area contributed by atoms with Gasteiger partial charge in [-0.3, -0.25) is 4.72 Å². The van der Waals surface area contributed by atoms with Crippen LogP contribution in [-0.2, 0) is 20.0 Å². The molecule has 0 amide bonds. The fraction of sp³-hybridized carbons (Fsp3) is 0.208. The number of hydrogen-bond donors (Lipinski definition) is 1. The number of hydrazone groups is 1. The molecule has 0 radical (unpaired) electrons. The SMILES string of the molecule is CCS(=O)(=O)Nc1ccc(C2=NN(S(=O)(=O)c3cccc(Cl)c3)[C@H](c3ccccc3C)C2)cc1. The highest BCUT2D eigenvalue weighted by atomic mass is 35.5. The van der Waals surface area contributed by atoms with Crippen LogP contribution < -0.4 is 4.72 Å². The van der Waals surface area contributed by atoms with Gasteiger partial charge in [-0.25, -0.2) is 8.42 Å². The molecule has 0 bridgehead atoms. The van der Waals surface area contributed by atoms with Gasteiger partial charge in [0, 0.05) is 17.1 Å². The van der Waals surface area contributed by atoms with E-state index >= 15 is 0 Å². The number of sulfonamides is 2. The van der Waals surface area contributed by atoms with Gasteiger partial charge < -0.3 is 0 Å². The quantitative estimate of drug-likeness (QED) is 0.479. The van der Waals surface area contributed by atoms with Gasteiger partial charge in [0.2, 0.25) is 10.0 Å². The predicted molar refractivity (Wildman–Crippen MR) is 135 cm³/mol. The topological polar surface area (TPSA) is 95.9 Å². The first kappa shape index (κ1) is 24.3. The van der Waals surface area contributed by atoms with Crippen molar-refractivity contribution in [2.24, 2.45) is 5.10 Å². The monoisotopic (exact) mass is 517 g/mol. The molecule has 0 saturated heterocycles. The van der Waals surface area contributed by atoms with E-state index in [-0.39, 0.29) is 10.6 Å². The summed E-state index contributed by atoms with van der Waals surface area (Å²) in [6, 6.07) is 20.0. The summed E-state index contributed by atoms with van der Waals surface area (Å²) in [4.78, 5) is 0.0629. The van der Waals surface area contributed by atoms with Crippen LogP contribution in [-0.4, -0.2) is 32.7 Å². The number of aryl methyl sites for hydroxylation is 1. The predicted octanol–water partition coefficient (Wildman–Crippen LogP) is 4.95. The molecule has 1 atom stereocenters. The Morgan fingerprint density at radius 2 is 1.71 bits per heavy atom. The Kier molecular flexibility index (Phi) is 6.71. The van der Waals surface area contributed by atoms with Crippen LogP contribution in [0.4, 0.5) is 5.69 Å². The zero-order valence-electron chi connectivity index (χ0n) is 18.6. The van der Waals surface area contributed by atoms with Gasteiger partial charge in [0.05, 0.1) is 22.4 Å². The van der Waals surface area contributed by atoms with E-state index in [0.717, 1.165) is 15.5 Å². The third-order valence-corrected chi connectivity index (χ3v) is 8.85. The van der Waals surface area contributed by atoms with Crippen molar-refractivity contribution >= 4 is 43.0 Å². The van der Waals surface area contributed by atoms with Crippen LogP contribution in [0.25, 0.3) is 0 Å². The average Bonchev–Trinajstić information content (AvgIpc) is 3.26. The maximum atomic E-state index is 13.6. The fourth-order valence-electron chi connectivity index (χ4n) is 3.80. The number of hydrogen-bond acceptors (Lipinski definition) is 5. The Balaban J connectivity index is 1.74. The van der Waals surface area contributed by atoms with Gasteiger partial charge in [0.1, 0.15) is 0 Å². The smallest absolute Gasteiger partial charge is 0.279 e. The average molecular weight is 518 g/mol. The molecule has 0 spiro atoms. The lowest BCUT2D eigenvalue weighted by atomic mass is 9.96. The molecule has 0 aliphatic carbocycles. The maximum absolute atomic E-state index is 13.6. The first-order chi connectivity index (χ1) is 16.1. The standard InChI is InChI=1S/C24H24ClN3O4S2/c1-3-33(29,30)27-20-13-11-18(12-14-20)23-16-24(22-10-5-4-7-17(22)2)28(26-23)34(31,32)21-9-6-8-19(25)15-21/h4-15,24,27H,3,16H2,1-2H3/t24-/m0/s1. The lowest BCUT2D eigenvalue weighted by molar-refractivity contribution is 0.370. The Hall–Kier alpha value is -2.88. The first-order valence-electron chi connectivity index (χ1n) is 10.6. The molecule has 0 saturated carbocycles. The highest BCUT2D eigenvalue weighted by molar-refractivity contribution is 7.92. The van der Waals surface area contributed by atoms with E-state index in [2.05, 4.69) is 9.82 Å². The molecule has 34 heavy (non-hydrogen) atoms. The van der Waals surface area contributed by atoms with Gasteiger partial charge in [0.15, 0.2) is 0 Å². The van der Waals surface area contributed by atoms with Crippen molar-refractivity contribution in [1.82, 2.24) is 4.41 Å². The summed E-state index contributed by atoms with van der Waals surface area (Å²) in [5, 5.41) is 4.86. The molecular formula is C24H24ClN3O4S2. The van der Waals surface area contributed by atoms with Crippen molar-refractivity contribution in [3.63, 3.8) is 0 Å². The molecule has 4 rings (SSSR count). The number of anilines is 1. The number of nitrogens with one attached hydrogen (secondary N) is 1. The molecule has 0 aromatic heterocycles. The van der Waals surface area contributed by atoms with Crippen LogP contribution in [0, 0.1) is 6.92 Å². The van der Waals surface area contributed by atoms with Crippen molar-refractivity contribution < 1.29 is 16.8 Å². The van der Waals surface area contributed by atoms with E-state index in [1.807, 2.05) is 31.2 Å². The zero-order valence-corrected chi connectivity index (χ0v) is 21.0. The van der Waals surface area contributed by atoms with Crippen molar-refractivity contribution in [3.05, 3.63) is 94.5 Å². The normalized spacial score (nSPS) is 16.4. The summed E-state index contributed by atoms with van der Waals surface area (Å²) in [5.74, 6) is -0.0319. The summed E-state index contributed by atoms with van der Waals surface area (Å²) >= 11 is 6.06. The highest BCUT2D eigenvalue weighted by Crippen LogP contribution is 2.38. The minimum Gasteiger partial charge on any atom is -0.284 e. The molecule has 178 valence electrons. The number of nitrogens with zero attached hydrogens (tertiary/aromatic N) is 2. The molecule has 1 aliphatic rings. The molecule has 0 fully saturated rings. The van der Waals surface area contributed by atoms with E-state index in [4.69, 9.17) is 11.6 Å². The number of halogens is 1. The van der Waals surface area contributed by atoms with Gasteiger partial charge in [-0.2, -0.15) is 17.9 Å². The van der Waals surface area contributed by atoms with Gasteiger partial charge in [-0.05, 0) is 60.9 Å². The van der Waals surface area contributed by atoms with Crippen LogP contribution in [0.2, 0.25) is 5.02 Å². The van der Waals surface area contributed by atoms with Crippen LogP contribution in [0.5, 0.6) is 0 Å². The highest BCUT2D eigenvalue weighted by Gasteiger charge is 2.38. The van der Waals surface area contributed by atoms with E-state index in [0.29, 0.717) is 28.4 Å². The van der Waals surface area contributed by atoms with Crippen molar-refractivity contribution in [2.45, 2.75) is 31.2 Å². The third kappa shape index (κ3) is 4.96. The second-order valence-electron chi connectivity index (χ2n) is 7.94. The van der Waals surface area contributed by atoms with Crippen molar-refractivity contribution in [1.29, 1.82) is 0 Å². The fourth-order valence-corrected chi connectivity index (χ4v) is 6.16. The van der Waals surface area contributed by atoms with Gasteiger partial charge in [-0.1, -0.05) is 54.1 Å². The van der Waals surface area contributed by atoms with Crippen molar-refractivity contribution in [3.8, 4) is 0 Å². The first-order valence-corrected chi connectivity index (χ1v) is 14.1. The Bertz CT molecular complexity index is 1450. The van der Waals surface area contributed by atoms with Crippen LogP contribution in [0.3, 0.4) is 0 Å². The van der Waals surface area contributed by atoms with E-state index in [1.165, 1.54) is 12.1 Å². The molecule has 3 aromatic rings. The summed E-state index contributed by atoms with van der Waals surface area (Å²) in [6.07, 6.45) is 0.366. The number of benzene rings is 3. The zero-order chi connectivity index (χ0) is 24.5. The minimum atomic E-state index is -3.98. The Labute approximate surface area is 205 Å². The van der Waals surface area contributed by atoms with Crippen LogP contribution >= 0.6 is 11.6 Å². The van der Waals surface area contributed by atoms with Crippen LogP contribution in [0.15, 0.2) is 82.8 Å². The third-order valence-electron chi connectivity index (χ3n) is 5.63. The number of rotatable bonds is 7. The molecule has 7 nitrogen and oxygen atoms in total. The molecule has 3 aromatic carbocycles. The summed E-state index contributed by atoms with van der Waals surface area (Å²) in [7, 11) is -7.38. The van der Waals surface area contributed by atoms with Gasteiger partial charge in [0.25, 0.3) is 10.0 Å². The maximum Gasteiger partial charge on any atom is 0.279 e. The van der Waals surface area contributed by atoms with E-state index < -0.39 is 26.1 Å². The largest absolute Gasteiger partial charge is 0.284 e. The van der Waals surface area contributed by atoms with E-state index in [1.54, 1.807) is 43.3 Å². The minimum absolute atomic E-state index is 0.0319. The second kappa shape index (κ2) is 9.40. The molecule has 1 N–H and O–H groups in total. The summed E-state index contributed by atoms with van der Waals surface area (Å²) < 4.78 is 54.5. The van der Waals surface area contributed by atoms with Gasteiger partial charge >= 0.3 is 0 Å².